The lowest BCUT2D eigenvalue weighted by Gasteiger charge is -2.03. The summed E-state index contributed by atoms with van der Waals surface area (Å²) in [5, 5.41) is 0. The first kappa shape index (κ1) is 15.2. The Bertz CT molecular complexity index is 356. The fourth-order valence-corrected chi connectivity index (χ4v) is 2.57. The van der Waals surface area contributed by atoms with Gasteiger partial charge in [-0.2, -0.15) is 29.5 Å². The Labute approximate surface area is 95.3 Å². The summed E-state index contributed by atoms with van der Waals surface area (Å²) in [5.41, 5.74) is 0. The van der Waals surface area contributed by atoms with Crippen molar-refractivity contribution in [2.45, 2.75) is 12.8 Å². The molecule has 0 aliphatic rings. The molecule has 0 saturated heterocycles. The van der Waals surface area contributed by atoms with Gasteiger partial charge in [-0.25, -0.2) is 0 Å². The second-order valence-corrected chi connectivity index (χ2v) is 6.58. The molecule has 0 aromatic rings. The summed E-state index contributed by atoms with van der Waals surface area (Å²) in [6.45, 7) is -0.241. The summed E-state index contributed by atoms with van der Waals surface area (Å²) in [6, 6.07) is 0. The van der Waals surface area contributed by atoms with Crippen LogP contribution in [0.2, 0.25) is 0 Å². The second-order valence-electron chi connectivity index (χ2n) is 2.80. The lowest BCUT2D eigenvalue weighted by Crippen LogP contribution is -2.14. The molecule has 0 rings (SSSR count). The van der Waals surface area contributed by atoms with Crippen LogP contribution in [0.3, 0.4) is 0 Å². The molecule has 0 bridgehead atoms. The zero-order valence-electron chi connectivity index (χ0n) is 7.99. The zero-order chi connectivity index (χ0) is 11.9. The molecule has 0 aliphatic carbocycles. The van der Waals surface area contributed by atoms with Gasteiger partial charge in [0.2, 0.25) is 0 Å². The summed E-state index contributed by atoms with van der Waals surface area (Å²) in [6.07, 6.45) is 0.322. The maximum Gasteiger partial charge on any atom is 0.267 e. The minimum atomic E-state index is -4.05. The van der Waals surface area contributed by atoms with E-state index >= 15 is 0 Å². The number of hydrogen-bond acceptors (Lipinski definition) is 6. The van der Waals surface area contributed by atoms with Crippen molar-refractivity contribution >= 4 is 32.9 Å². The quantitative estimate of drug-likeness (QED) is 0.279. The molecule has 0 aromatic heterocycles. The standard InChI is InChI=1S/C6H14O6S3/c7-14(8,9)5-1-3-12-15(10,11)6-2-4-13/h13H,1-6H2,(H,7,8,9). The molecule has 0 saturated carbocycles. The first-order valence-corrected chi connectivity index (χ1v) is 8.02. The molecule has 1 N–H and O–H groups in total. The molecule has 0 aromatic carbocycles. The van der Waals surface area contributed by atoms with Crippen molar-refractivity contribution in [2.75, 3.05) is 23.9 Å². The Balaban J connectivity index is 3.76. The van der Waals surface area contributed by atoms with Crippen molar-refractivity contribution in [3.8, 4) is 0 Å². The van der Waals surface area contributed by atoms with Gasteiger partial charge in [-0.15, -0.1) is 0 Å². The third kappa shape index (κ3) is 10.5. The van der Waals surface area contributed by atoms with E-state index in [2.05, 4.69) is 16.8 Å². The highest BCUT2D eigenvalue weighted by atomic mass is 32.2. The van der Waals surface area contributed by atoms with E-state index in [1.165, 1.54) is 0 Å². The summed E-state index contributed by atoms with van der Waals surface area (Å²) >= 11 is 3.85. The van der Waals surface area contributed by atoms with Crippen molar-refractivity contribution < 1.29 is 25.6 Å². The Morgan fingerprint density at radius 2 is 1.67 bits per heavy atom. The Morgan fingerprint density at radius 3 is 2.13 bits per heavy atom. The largest absolute Gasteiger partial charge is 0.286 e. The van der Waals surface area contributed by atoms with Crippen LogP contribution in [0.15, 0.2) is 0 Å². The maximum atomic E-state index is 11.0. The molecule has 0 fully saturated rings. The number of rotatable bonds is 8. The predicted molar refractivity (Wildman–Crippen MR) is 59.2 cm³/mol. The normalized spacial score (nSPS) is 12.9. The van der Waals surface area contributed by atoms with Crippen LogP contribution in [-0.2, 0) is 24.4 Å². The first-order valence-electron chi connectivity index (χ1n) is 4.20. The smallest absolute Gasteiger partial charge is 0.267 e. The fraction of sp³-hybridized carbons (Fsp3) is 1.00. The van der Waals surface area contributed by atoms with Gasteiger partial charge >= 0.3 is 0 Å². The Morgan fingerprint density at radius 1 is 1.07 bits per heavy atom. The van der Waals surface area contributed by atoms with E-state index in [0.29, 0.717) is 12.2 Å². The molecule has 0 heterocycles. The predicted octanol–water partition coefficient (Wildman–Crippen LogP) is -0.0694. The second kappa shape index (κ2) is 6.69. The van der Waals surface area contributed by atoms with Crippen molar-refractivity contribution in [3.63, 3.8) is 0 Å². The summed E-state index contributed by atoms with van der Waals surface area (Å²) in [5.74, 6) is -0.203. The van der Waals surface area contributed by atoms with Crippen molar-refractivity contribution in [2.24, 2.45) is 0 Å². The molecule has 15 heavy (non-hydrogen) atoms. The molecular weight excluding hydrogens is 264 g/mol. The van der Waals surface area contributed by atoms with E-state index < -0.39 is 26.0 Å². The Hall–Kier alpha value is 0.170. The summed E-state index contributed by atoms with van der Waals surface area (Å²) in [4.78, 5) is 0. The SMILES string of the molecule is O=S(=O)(O)CCCOS(=O)(=O)CCCS. The van der Waals surface area contributed by atoms with Crippen LogP contribution >= 0.6 is 12.6 Å². The molecular formula is C6H14O6S3. The highest BCUT2D eigenvalue weighted by Gasteiger charge is 2.11. The van der Waals surface area contributed by atoms with Gasteiger partial charge in [-0.05, 0) is 18.6 Å². The monoisotopic (exact) mass is 278 g/mol. The topological polar surface area (TPSA) is 97.7 Å². The van der Waals surface area contributed by atoms with E-state index in [1.807, 2.05) is 0 Å². The van der Waals surface area contributed by atoms with Gasteiger partial charge in [0.25, 0.3) is 20.2 Å². The van der Waals surface area contributed by atoms with Crippen LogP contribution in [0.4, 0.5) is 0 Å². The van der Waals surface area contributed by atoms with Crippen LogP contribution in [0.25, 0.3) is 0 Å². The molecule has 0 spiro atoms. The average molecular weight is 278 g/mol. The van der Waals surface area contributed by atoms with Gasteiger partial charge in [-0.1, -0.05) is 0 Å². The van der Waals surface area contributed by atoms with Crippen molar-refractivity contribution in [3.05, 3.63) is 0 Å². The lowest BCUT2D eigenvalue weighted by atomic mass is 10.5. The van der Waals surface area contributed by atoms with Gasteiger partial charge in [0, 0.05) is 0 Å². The highest BCUT2D eigenvalue weighted by molar-refractivity contribution is 7.86. The van der Waals surface area contributed by atoms with E-state index in [9.17, 15) is 16.8 Å². The lowest BCUT2D eigenvalue weighted by molar-refractivity contribution is 0.316. The van der Waals surface area contributed by atoms with E-state index in [4.69, 9.17) is 4.55 Å². The first-order chi connectivity index (χ1) is 6.77. The molecule has 92 valence electrons. The van der Waals surface area contributed by atoms with Gasteiger partial charge in [0.05, 0.1) is 18.1 Å². The highest BCUT2D eigenvalue weighted by Crippen LogP contribution is 1.99. The minimum Gasteiger partial charge on any atom is -0.286 e. The van der Waals surface area contributed by atoms with Gasteiger partial charge in [0.15, 0.2) is 0 Å². The van der Waals surface area contributed by atoms with E-state index in [-0.39, 0.29) is 18.8 Å². The number of thiol groups is 1. The zero-order valence-corrected chi connectivity index (χ0v) is 10.5. The molecule has 0 unspecified atom stereocenters. The third-order valence-electron chi connectivity index (χ3n) is 1.36. The van der Waals surface area contributed by atoms with E-state index in [0.717, 1.165) is 0 Å². The van der Waals surface area contributed by atoms with Crippen molar-refractivity contribution in [1.82, 2.24) is 0 Å². The molecule has 0 radical (unpaired) electrons. The van der Waals surface area contributed by atoms with Crippen LogP contribution in [-0.4, -0.2) is 45.3 Å². The van der Waals surface area contributed by atoms with Crippen molar-refractivity contribution in [1.29, 1.82) is 0 Å². The van der Waals surface area contributed by atoms with Gasteiger partial charge < -0.3 is 0 Å². The maximum absolute atomic E-state index is 11.0. The van der Waals surface area contributed by atoms with Gasteiger partial charge in [-0.3, -0.25) is 8.74 Å². The third-order valence-corrected chi connectivity index (χ3v) is 3.80. The summed E-state index contributed by atoms with van der Waals surface area (Å²) in [7, 11) is -7.63. The minimum absolute atomic E-state index is 0.0566. The average Bonchev–Trinajstić information content (AvgIpc) is 2.08. The van der Waals surface area contributed by atoms with Crippen LogP contribution in [0.5, 0.6) is 0 Å². The van der Waals surface area contributed by atoms with Gasteiger partial charge in [0.1, 0.15) is 0 Å². The molecule has 0 aliphatic heterocycles. The van der Waals surface area contributed by atoms with Crippen LogP contribution in [0, 0.1) is 0 Å². The van der Waals surface area contributed by atoms with Crippen LogP contribution < -0.4 is 0 Å². The van der Waals surface area contributed by atoms with Crippen LogP contribution in [0.1, 0.15) is 12.8 Å². The molecule has 6 nitrogen and oxygen atoms in total. The summed E-state index contributed by atoms with van der Waals surface area (Å²) < 4.78 is 55.5. The number of hydrogen-bond donors (Lipinski definition) is 2. The fourth-order valence-electron chi connectivity index (χ4n) is 0.727. The Kier molecular flexibility index (Phi) is 6.76. The van der Waals surface area contributed by atoms with E-state index in [1.54, 1.807) is 0 Å². The molecule has 0 amide bonds. The molecule has 9 heteroatoms. The molecule has 0 atom stereocenters.